The van der Waals surface area contributed by atoms with Crippen molar-refractivity contribution < 1.29 is 18.3 Å². The van der Waals surface area contributed by atoms with E-state index in [1.165, 1.54) is 18.2 Å². The van der Waals surface area contributed by atoms with E-state index in [-0.39, 0.29) is 20.6 Å². The van der Waals surface area contributed by atoms with Crippen molar-refractivity contribution in [3.05, 3.63) is 77.0 Å². The Balaban J connectivity index is 1.92. The second-order valence-corrected chi connectivity index (χ2v) is 13.1. The molecule has 0 bridgehead atoms. The van der Waals surface area contributed by atoms with E-state index >= 15 is 0 Å². The Hall–Kier alpha value is -2.72. The van der Waals surface area contributed by atoms with Crippen LogP contribution in [-0.2, 0) is 14.8 Å². The molecule has 0 aliphatic heterocycles. The number of fused-ring (bicyclic) bond motifs is 1. The Kier molecular flexibility index (Phi) is 7.54. The molecule has 2 heterocycles. The lowest BCUT2D eigenvalue weighted by Gasteiger charge is -2.37. The number of halogens is 2. The molecule has 0 saturated heterocycles. The molecule has 2 aromatic carbocycles. The van der Waals surface area contributed by atoms with Gasteiger partial charge in [-0.05, 0) is 66.3 Å². The fourth-order valence-corrected chi connectivity index (χ4v) is 7.09. The molecule has 37 heavy (non-hydrogen) atoms. The maximum atomic E-state index is 14.0. The number of benzene rings is 2. The molecule has 0 aliphatic rings. The van der Waals surface area contributed by atoms with Crippen molar-refractivity contribution in [3.63, 3.8) is 0 Å². The number of anilines is 1. The smallest absolute Gasteiger partial charge is 0.328 e. The fourth-order valence-electron chi connectivity index (χ4n) is 4.17. The Morgan fingerprint density at radius 2 is 1.73 bits per heavy atom. The molecule has 0 saturated carbocycles. The molecule has 11 heteroatoms. The number of hydrogen-bond donors (Lipinski definition) is 1. The van der Waals surface area contributed by atoms with Crippen molar-refractivity contribution in [2.75, 3.05) is 10.6 Å². The van der Waals surface area contributed by atoms with Gasteiger partial charge in [0.15, 0.2) is 0 Å². The van der Waals surface area contributed by atoms with Gasteiger partial charge in [-0.2, -0.15) is 0 Å². The molecular formula is C26H25Cl2N3O4S2. The first-order chi connectivity index (χ1) is 17.3. The van der Waals surface area contributed by atoms with Crippen LogP contribution < -0.4 is 4.31 Å². The summed E-state index contributed by atoms with van der Waals surface area (Å²) in [6, 6.07) is 13.2. The van der Waals surface area contributed by atoms with E-state index in [2.05, 4.69) is 4.98 Å². The van der Waals surface area contributed by atoms with Crippen LogP contribution in [0.5, 0.6) is 0 Å². The first-order valence-electron chi connectivity index (χ1n) is 11.2. The van der Waals surface area contributed by atoms with Gasteiger partial charge in [0.25, 0.3) is 10.0 Å². The number of carboxylic acids is 1. The predicted molar refractivity (Wildman–Crippen MR) is 150 cm³/mol. The van der Waals surface area contributed by atoms with Crippen molar-refractivity contribution in [3.8, 4) is 5.82 Å². The summed E-state index contributed by atoms with van der Waals surface area (Å²) in [7, 11) is -4.39. The quantitative estimate of drug-likeness (QED) is 0.244. The molecule has 2 aromatic heterocycles. The average Bonchev–Trinajstić information content (AvgIpc) is 3.24. The average molecular weight is 579 g/mol. The molecule has 7 nitrogen and oxygen atoms in total. The van der Waals surface area contributed by atoms with Crippen LogP contribution in [-0.4, -0.2) is 41.3 Å². The van der Waals surface area contributed by atoms with E-state index in [4.69, 9.17) is 23.2 Å². The van der Waals surface area contributed by atoms with Gasteiger partial charge in [-0.3, -0.25) is 4.31 Å². The predicted octanol–water partition coefficient (Wildman–Crippen LogP) is 6.75. The van der Waals surface area contributed by atoms with Gasteiger partial charge < -0.3 is 9.67 Å². The molecule has 4 aromatic rings. The first kappa shape index (κ1) is 27.3. The maximum Gasteiger partial charge on any atom is 0.328 e. The molecule has 194 valence electrons. The summed E-state index contributed by atoms with van der Waals surface area (Å²) in [5, 5.41) is 11.2. The first-order valence-corrected chi connectivity index (χ1v) is 14.6. The molecule has 0 radical (unpaired) electrons. The molecule has 1 atom stereocenters. The van der Waals surface area contributed by atoms with Crippen molar-refractivity contribution in [2.45, 2.75) is 36.6 Å². The third-order valence-corrected chi connectivity index (χ3v) is 8.74. The van der Waals surface area contributed by atoms with E-state index in [0.29, 0.717) is 5.82 Å². The van der Waals surface area contributed by atoms with Crippen LogP contribution in [0.1, 0.15) is 20.8 Å². The highest BCUT2D eigenvalue weighted by Gasteiger charge is 2.43. The highest BCUT2D eigenvalue weighted by molar-refractivity contribution is 7.98. The summed E-state index contributed by atoms with van der Waals surface area (Å²) in [4.78, 5) is 17.8. The van der Waals surface area contributed by atoms with E-state index in [1.807, 2.05) is 35.2 Å². The van der Waals surface area contributed by atoms with Gasteiger partial charge in [-0.25, -0.2) is 18.2 Å². The molecule has 4 rings (SSSR count). The number of nitrogens with zero attached hydrogens (tertiary/aromatic N) is 3. The third kappa shape index (κ3) is 5.45. The molecule has 0 amide bonds. The Morgan fingerprint density at radius 1 is 1.05 bits per heavy atom. The number of aromatic nitrogens is 2. The van der Waals surface area contributed by atoms with Gasteiger partial charge in [0.2, 0.25) is 0 Å². The molecule has 0 spiro atoms. The highest BCUT2D eigenvalue weighted by atomic mass is 35.5. The van der Waals surface area contributed by atoms with Gasteiger partial charge in [-0.1, -0.05) is 44.0 Å². The lowest BCUT2D eigenvalue weighted by molar-refractivity contribution is -0.140. The number of rotatable bonds is 7. The minimum Gasteiger partial charge on any atom is -0.480 e. The van der Waals surface area contributed by atoms with Crippen LogP contribution in [0.3, 0.4) is 0 Å². The molecule has 0 aliphatic carbocycles. The zero-order valence-electron chi connectivity index (χ0n) is 20.5. The molecular weight excluding hydrogens is 553 g/mol. The second-order valence-electron chi connectivity index (χ2n) is 9.50. The van der Waals surface area contributed by atoms with Crippen molar-refractivity contribution >= 4 is 67.5 Å². The summed E-state index contributed by atoms with van der Waals surface area (Å²) in [5.41, 5.74) is 0.0411. The van der Waals surface area contributed by atoms with Crippen molar-refractivity contribution in [1.29, 1.82) is 0 Å². The van der Waals surface area contributed by atoms with Gasteiger partial charge in [0.1, 0.15) is 11.9 Å². The number of aliphatic carboxylic acids is 1. The topological polar surface area (TPSA) is 92.5 Å². The van der Waals surface area contributed by atoms with Crippen LogP contribution in [0.25, 0.3) is 16.7 Å². The SMILES string of the molecule is CSc1ccnc(-n2ccc3cc(N(C(C(=O)O)C(C)(C)C)S(=O)(=O)c4cc(Cl)cc(Cl)c4)ccc32)c1. The number of carbonyl (C=O) groups is 1. The Morgan fingerprint density at radius 3 is 2.32 bits per heavy atom. The van der Waals surface area contributed by atoms with Gasteiger partial charge in [-0.15, -0.1) is 11.8 Å². The minimum absolute atomic E-state index is 0.126. The van der Waals surface area contributed by atoms with Crippen LogP contribution in [0.2, 0.25) is 10.0 Å². The molecule has 0 fully saturated rings. The summed E-state index contributed by atoms with van der Waals surface area (Å²) in [6.07, 6.45) is 5.55. The van der Waals surface area contributed by atoms with E-state index in [0.717, 1.165) is 20.1 Å². The summed E-state index contributed by atoms with van der Waals surface area (Å²) in [6.45, 7) is 5.04. The van der Waals surface area contributed by atoms with Gasteiger partial charge in [0, 0.05) is 32.7 Å². The monoisotopic (exact) mass is 577 g/mol. The van der Waals surface area contributed by atoms with Crippen LogP contribution >= 0.6 is 35.0 Å². The zero-order chi connectivity index (χ0) is 27.1. The second kappa shape index (κ2) is 10.2. The minimum atomic E-state index is -4.39. The van der Waals surface area contributed by atoms with Crippen molar-refractivity contribution in [1.82, 2.24) is 9.55 Å². The van der Waals surface area contributed by atoms with Gasteiger partial charge in [0.05, 0.1) is 16.1 Å². The number of hydrogen-bond acceptors (Lipinski definition) is 5. The lowest BCUT2D eigenvalue weighted by Crippen LogP contribution is -2.52. The molecule has 1 unspecified atom stereocenters. The standard InChI is InChI=1S/C26H25Cl2N3O4S2/c1-26(2,3)24(25(32)33)31(37(34,35)21-13-17(27)12-18(28)14-21)19-5-6-22-16(11-19)8-10-30(22)23-15-20(36-4)7-9-29-23/h5-15,24H,1-4H3,(H,32,33). The summed E-state index contributed by atoms with van der Waals surface area (Å²) >= 11 is 13.8. The zero-order valence-corrected chi connectivity index (χ0v) is 23.7. The van der Waals surface area contributed by atoms with Crippen LogP contribution in [0, 0.1) is 5.41 Å². The largest absolute Gasteiger partial charge is 0.480 e. The number of pyridine rings is 1. The van der Waals surface area contributed by atoms with E-state index in [9.17, 15) is 18.3 Å². The lowest BCUT2D eigenvalue weighted by atomic mass is 9.86. The summed E-state index contributed by atoms with van der Waals surface area (Å²) < 4.78 is 30.8. The maximum absolute atomic E-state index is 14.0. The molecule has 1 N–H and O–H groups in total. The normalized spacial score (nSPS) is 13.0. The number of thioether (sulfide) groups is 1. The van der Waals surface area contributed by atoms with Crippen LogP contribution in [0.15, 0.2) is 76.8 Å². The van der Waals surface area contributed by atoms with Crippen molar-refractivity contribution in [2.24, 2.45) is 5.41 Å². The Bertz CT molecular complexity index is 1580. The van der Waals surface area contributed by atoms with Crippen LogP contribution in [0.4, 0.5) is 5.69 Å². The van der Waals surface area contributed by atoms with Gasteiger partial charge >= 0.3 is 5.97 Å². The number of sulfonamides is 1. The third-order valence-electron chi connectivity index (χ3n) is 5.81. The van der Waals surface area contributed by atoms with E-state index < -0.39 is 27.4 Å². The Labute approximate surface area is 230 Å². The number of carboxylic acid groups (broad SMARTS) is 1. The summed E-state index contributed by atoms with van der Waals surface area (Å²) in [5.74, 6) is -0.564. The van der Waals surface area contributed by atoms with E-state index in [1.54, 1.807) is 56.9 Å². The highest BCUT2D eigenvalue weighted by Crippen LogP contribution is 2.37. The fraction of sp³-hybridized carbons (Fsp3) is 0.231.